The first-order valence-electron chi connectivity index (χ1n) is 5.05. The molecule has 1 aromatic heterocycles. The monoisotopic (exact) mass is 224 g/mol. The average molecular weight is 224 g/mol. The highest BCUT2D eigenvalue weighted by atomic mass is 16.5. The van der Waals surface area contributed by atoms with Gasteiger partial charge in [-0.3, -0.25) is 4.79 Å². The summed E-state index contributed by atoms with van der Waals surface area (Å²) in [5, 5.41) is 2.69. The Labute approximate surface area is 94.2 Å². The molecule has 0 spiro atoms. The molecule has 0 saturated heterocycles. The van der Waals surface area contributed by atoms with Gasteiger partial charge in [0, 0.05) is 12.7 Å². The molecule has 1 heterocycles. The molecule has 0 unspecified atom stereocenters. The van der Waals surface area contributed by atoms with Crippen LogP contribution in [-0.4, -0.2) is 35.6 Å². The van der Waals surface area contributed by atoms with Gasteiger partial charge in [0.15, 0.2) is 0 Å². The number of hydrogen-bond acceptors (Lipinski definition) is 5. The van der Waals surface area contributed by atoms with E-state index in [4.69, 9.17) is 10.5 Å². The smallest absolute Gasteiger partial charge is 0.246 e. The maximum absolute atomic E-state index is 11.3. The molecule has 0 aliphatic heterocycles. The number of nitrogens with two attached hydrogens (primary N) is 1. The summed E-state index contributed by atoms with van der Waals surface area (Å²) in [6.45, 7) is 3.02. The Bertz CT molecular complexity index is 343. The van der Waals surface area contributed by atoms with E-state index in [9.17, 15) is 4.79 Å². The van der Waals surface area contributed by atoms with Gasteiger partial charge in [0.1, 0.15) is 12.4 Å². The molecular formula is C10H16N4O2. The maximum Gasteiger partial charge on any atom is 0.246 e. The van der Waals surface area contributed by atoms with Crippen molar-refractivity contribution in [3.63, 3.8) is 0 Å². The van der Waals surface area contributed by atoms with Crippen molar-refractivity contribution in [2.24, 2.45) is 5.73 Å². The average Bonchev–Trinajstić information content (AvgIpc) is 2.27. The van der Waals surface area contributed by atoms with E-state index in [0.29, 0.717) is 25.5 Å². The van der Waals surface area contributed by atoms with Crippen LogP contribution < -0.4 is 11.1 Å². The molecule has 0 aliphatic rings. The summed E-state index contributed by atoms with van der Waals surface area (Å²) in [6.07, 6.45) is 1.66. The minimum absolute atomic E-state index is 0.0290. The largest absolute Gasteiger partial charge is 0.370 e. The number of carbonyl (C=O) groups excluding carboxylic acids is 1. The van der Waals surface area contributed by atoms with Crippen LogP contribution in [0.2, 0.25) is 0 Å². The highest BCUT2D eigenvalue weighted by molar-refractivity contribution is 5.77. The van der Waals surface area contributed by atoms with Gasteiger partial charge in [-0.1, -0.05) is 0 Å². The van der Waals surface area contributed by atoms with E-state index in [2.05, 4.69) is 15.3 Å². The Morgan fingerprint density at radius 1 is 1.62 bits per heavy atom. The summed E-state index contributed by atoms with van der Waals surface area (Å²) in [7, 11) is 0. The lowest BCUT2D eigenvalue weighted by molar-refractivity contribution is -0.125. The molecule has 1 amide bonds. The molecule has 1 aromatic rings. The summed E-state index contributed by atoms with van der Waals surface area (Å²) >= 11 is 0. The van der Waals surface area contributed by atoms with Crippen LogP contribution in [0, 0.1) is 6.92 Å². The van der Waals surface area contributed by atoms with Crippen molar-refractivity contribution in [1.82, 2.24) is 15.3 Å². The Hall–Kier alpha value is -1.53. The quantitative estimate of drug-likeness (QED) is 0.628. The predicted octanol–water partition coefficient (Wildman–Crippen LogP) is -0.623. The zero-order chi connectivity index (χ0) is 11.8. The number of aryl methyl sites for hydroxylation is 1. The van der Waals surface area contributed by atoms with Gasteiger partial charge in [0.25, 0.3) is 0 Å². The van der Waals surface area contributed by atoms with Crippen LogP contribution in [0.3, 0.4) is 0 Å². The molecule has 88 valence electrons. The number of nitrogens with zero attached hydrogens (tertiary/aromatic N) is 2. The first-order valence-corrected chi connectivity index (χ1v) is 5.05. The first-order chi connectivity index (χ1) is 7.72. The Morgan fingerprint density at radius 3 is 3.12 bits per heavy atom. The van der Waals surface area contributed by atoms with Gasteiger partial charge in [-0.15, -0.1) is 0 Å². The molecule has 16 heavy (non-hydrogen) atoms. The summed E-state index contributed by atoms with van der Waals surface area (Å²) < 4.78 is 4.99. The topological polar surface area (TPSA) is 90.1 Å². The zero-order valence-electron chi connectivity index (χ0n) is 9.27. The van der Waals surface area contributed by atoms with Crippen LogP contribution in [0.25, 0.3) is 0 Å². The second kappa shape index (κ2) is 6.86. The fourth-order valence-electron chi connectivity index (χ4n) is 1.09. The minimum atomic E-state index is -0.176. The van der Waals surface area contributed by atoms with Crippen molar-refractivity contribution >= 4 is 5.91 Å². The third-order valence-corrected chi connectivity index (χ3v) is 1.80. The minimum Gasteiger partial charge on any atom is -0.370 e. The van der Waals surface area contributed by atoms with E-state index >= 15 is 0 Å². The van der Waals surface area contributed by atoms with Crippen LogP contribution in [0.15, 0.2) is 12.3 Å². The van der Waals surface area contributed by atoms with Gasteiger partial charge in [-0.2, -0.15) is 0 Å². The Balaban J connectivity index is 2.26. The molecule has 0 aromatic carbocycles. The van der Waals surface area contributed by atoms with E-state index < -0.39 is 0 Å². The summed E-state index contributed by atoms with van der Waals surface area (Å²) in [6, 6.07) is 1.76. The normalized spacial score (nSPS) is 10.1. The van der Waals surface area contributed by atoms with E-state index in [1.165, 1.54) is 0 Å². The van der Waals surface area contributed by atoms with Crippen LogP contribution in [0.1, 0.15) is 11.5 Å². The molecule has 6 nitrogen and oxygen atoms in total. The molecule has 3 N–H and O–H groups in total. The van der Waals surface area contributed by atoms with Gasteiger partial charge in [-0.25, -0.2) is 9.97 Å². The highest BCUT2D eigenvalue weighted by Gasteiger charge is 2.01. The molecule has 6 heteroatoms. The van der Waals surface area contributed by atoms with Crippen molar-refractivity contribution in [3.8, 4) is 0 Å². The van der Waals surface area contributed by atoms with Gasteiger partial charge >= 0.3 is 0 Å². The van der Waals surface area contributed by atoms with Gasteiger partial charge in [-0.05, 0) is 13.0 Å². The lowest BCUT2D eigenvalue weighted by Crippen LogP contribution is -2.28. The Morgan fingerprint density at radius 2 is 2.44 bits per heavy atom. The Kier molecular flexibility index (Phi) is 5.38. The van der Waals surface area contributed by atoms with Gasteiger partial charge in [0.2, 0.25) is 5.91 Å². The van der Waals surface area contributed by atoms with Crippen LogP contribution >= 0.6 is 0 Å². The molecule has 1 rings (SSSR count). The van der Waals surface area contributed by atoms with E-state index in [1.807, 2.05) is 0 Å². The number of hydrogen-bond donors (Lipinski definition) is 2. The van der Waals surface area contributed by atoms with Gasteiger partial charge < -0.3 is 15.8 Å². The third kappa shape index (κ3) is 4.81. The first kappa shape index (κ1) is 12.5. The van der Waals surface area contributed by atoms with Crippen molar-refractivity contribution in [1.29, 1.82) is 0 Å². The highest BCUT2D eigenvalue weighted by Crippen LogP contribution is 1.93. The second-order valence-electron chi connectivity index (χ2n) is 3.21. The third-order valence-electron chi connectivity index (χ3n) is 1.80. The summed E-state index contributed by atoms with van der Waals surface area (Å²) in [5.74, 6) is 0.510. The van der Waals surface area contributed by atoms with Gasteiger partial charge in [0.05, 0.1) is 18.8 Å². The van der Waals surface area contributed by atoms with Crippen molar-refractivity contribution in [2.75, 3.05) is 19.8 Å². The molecule has 0 saturated carbocycles. The maximum atomic E-state index is 11.3. The number of carbonyl (C=O) groups is 1. The van der Waals surface area contributed by atoms with Crippen LogP contribution in [-0.2, 0) is 16.1 Å². The molecule has 0 radical (unpaired) electrons. The SMILES string of the molecule is Cc1nccc(CNC(=O)COCCN)n1. The number of nitrogens with one attached hydrogen (secondary N) is 1. The molecule has 0 atom stereocenters. The fourth-order valence-corrected chi connectivity index (χ4v) is 1.09. The van der Waals surface area contributed by atoms with Crippen molar-refractivity contribution < 1.29 is 9.53 Å². The zero-order valence-corrected chi connectivity index (χ0v) is 9.27. The van der Waals surface area contributed by atoms with E-state index in [0.717, 1.165) is 5.69 Å². The number of rotatable bonds is 6. The summed E-state index contributed by atoms with van der Waals surface area (Å²) in [5.41, 5.74) is 6.00. The lowest BCUT2D eigenvalue weighted by Gasteiger charge is -2.05. The number of ether oxygens (including phenoxy) is 1. The van der Waals surface area contributed by atoms with Crippen LogP contribution in [0.4, 0.5) is 0 Å². The molecular weight excluding hydrogens is 208 g/mol. The van der Waals surface area contributed by atoms with Crippen LogP contribution in [0.5, 0.6) is 0 Å². The number of aromatic nitrogens is 2. The summed E-state index contributed by atoms with van der Waals surface area (Å²) in [4.78, 5) is 19.4. The second-order valence-corrected chi connectivity index (χ2v) is 3.21. The predicted molar refractivity (Wildman–Crippen MR) is 58.5 cm³/mol. The van der Waals surface area contributed by atoms with Crippen molar-refractivity contribution in [2.45, 2.75) is 13.5 Å². The fraction of sp³-hybridized carbons (Fsp3) is 0.500. The van der Waals surface area contributed by atoms with Crippen molar-refractivity contribution in [3.05, 3.63) is 23.8 Å². The molecule has 0 fully saturated rings. The van der Waals surface area contributed by atoms with E-state index in [-0.39, 0.29) is 12.5 Å². The lowest BCUT2D eigenvalue weighted by atomic mass is 10.4. The van der Waals surface area contributed by atoms with E-state index in [1.54, 1.807) is 19.2 Å². The molecule has 0 aliphatic carbocycles. The molecule has 0 bridgehead atoms. The standard InChI is InChI=1S/C10H16N4O2/c1-8-12-4-2-9(14-8)6-13-10(15)7-16-5-3-11/h2,4H,3,5-7,11H2,1H3,(H,13,15). The number of amides is 1.